The van der Waals surface area contributed by atoms with Gasteiger partial charge in [-0.15, -0.1) is 0 Å². The van der Waals surface area contributed by atoms with E-state index in [0.717, 1.165) is 6.08 Å². The van der Waals surface area contributed by atoms with Crippen LogP contribution in [0.1, 0.15) is 16.3 Å². The molecular formula is C18H10Cl2NO5-. The summed E-state index contributed by atoms with van der Waals surface area (Å²) in [4.78, 5) is 23.2. The van der Waals surface area contributed by atoms with Crippen molar-refractivity contribution in [3.63, 3.8) is 0 Å². The average molecular weight is 391 g/mol. The first-order chi connectivity index (χ1) is 12.5. The van der Waals surface area contributed by atoms with Crippen LogP contribution >= 0.6 is 23.2 Å². The lowest BCUT2D eigenvalue weighted by Crippen LogP contribution is -2.35. The van der Waals surface area contributed by atoms with Crippen LogP contribution in [0.25, 0.3) is 17.4 Å². The highest BCUT2D eigenvalue weighted by Crippen LogP contribution is 2.35. The first kappa shape index (κ1) is 17.8. The lowest BCUT2D eigenvalue weighted by molar-refractivity contribution is -0.299. The summed E-state index contributed by atoms with van der Waals surface area (Å²) in [5, 5.41) is 14.2. The van der Waals surface area contributed by atoms with Gasteiger partial charge in [0.05, 0.1) is 33.5 Å². The maximum atomic E-state index is 11.9. The Balaban J connectivity index is 1.89. The normalized spacial score (nSPS) is 11.4. The highest BCUT2D eigenvalue weighted by atomic mass is 35.5. The van der Waals surface area contributed by atoms with Crippen molar-refractivity contribution in [1.82, 2.24) is 5.32 Å². The van der Waals surface area contributed by atoms with E-state index < -0.39 is 17.6 Å². The van der Waals surface area contributed by atoms with Crippen molar-refractivity contribution < 1.29 is 23.5 Å². The molecule has 3 rings (SSSR count). The molecule has 0 aliphatic rings. The Morgan fingerprint density at radius 3 is 2.38 bits per heavy atom. The van der Waals surface area contributed by atoms with Gasteiger partial charge >= 0.3 is 0 Å². The number of aliphatic carboxylic acids is 1. The van der Waals surface area contributed by atoms with Crippen molar-refractivity contribution in [3.8, 4) is 11.3 Å². The lowest BCUT2D eigenvalue weighted by atomic mass is 10.2. The van der Waals surface area contributed by atoms with Gasteiger partial charge in [-0.2, -0.15) is 0 Å². The number of furan rings is 2. The Bertz CT molecular complexity index is 969. The molecule has 0 saturated heterocycles. The van der Waals surface area contributed by atoms with Crippen molar-refractivity contribution in [2.45, 2.75) is 0 Å². The molecule has 0 unspecified atom stereocenters. The van der Waals surface area contributed by atoms with E-state index in [9.17, 15) is 14.7 Å². The molecule has 8 heteroatoms. The second-order valence-electron chi connectivity index (χ2n) is 5.08. The Morgan fingerprint density at radius 1 is 1.04 bits per heavy atom. The van der Waals surface area contributed by atoms with Gasteiger partial charge < -0.3 is 24.1 Å². The van der Waals surface area contributed by atoms with Crippen molar-refractivity contribution in [2.75, 3.05) is 0 Å². The number of carbonyl (C=O) groups is 2. The third-order valence-electron chi connectivity index (χ3n) is 3.34. The van der Waals surface area contributed by atoms with Gasteiger partial charge in [0.2, 0.25) is 0 Å². The van der Waals surface area contributed by atoms with Crippen molar-refractivity contribution in [3.05, 3.63) is 76.0 Å². The van der Waals surface area contributed by atoms with Gasteiger partial charge in [0.15, 0.2) is 5.76 Å². The molecule has 1 N–H and O–H groups in total. The van der Waals surface area contributed by atoms with Crippen molar-refractivity contribution in [2.24, 2.45) is 0 Å². The Kier molecular flexibility index (Phi) is 5.16. The number of carboxylic acid groups (broad SMARTS) is 1. The predicted molar refractivity (Wildman–Crippen MR) is 93.3 cm³/mol. The van der Waals surface area contributed by atoms with Crippen LogP contribution in [0.4, 0.5) is 0 Å². The average Bonchev–Trinajstić information content (AvgIpc) is 3.26. The SMILES string of the molecule is O=C([O-])/C(=C/c1ccc(-c2c(Cl)cccc2Cl)o1)NC(=O)c1ccco1. The molecule has 0 saturated carbocycles. The molecule has 3 aromatic rings. The second kappa shape index (κ2) is 7.51. The number of benzene rings is 1. The number of halogens is 2. The summed E-state index contributed by atoms with van der Waals surface area (Å²) in [7, 11) is 0. The van der Waals surface area contributed by atoms with E-state index in [2.05, 4.69) is 5.32 Å². The quantitative estimate of drug-likeness (QED) is 0.673. The minimum Gasteiger partial charge on any atom is -0.543 e. The van der Waals surface area contributed by atoms with E-state index in [0.29, 0.717) is 21.4 Å². The molecule has 0 bridgehead atoms. The number of hydrogen-bond donors (Lipinski definition) is 1. The first-order valence-corrected chi connectivity index (χ1v) is 8.03. The summed E-state index contributed by atoms with van der Waals surface area (Å²) in [6, 6.07) is 11.0. The number of nitrogens with one attached hydrogen (secondary N) is 1. The fourth-order valence-electron chi connectivity index (χ4n) is 2.18. The van der Waals surface area contributed by atoms with Crippen LogP contribution in [0.3, 0.4) is 0 Å². The fourth-order valence-corrected chi connectivity index (χ4v) is 2.76. The van der Waals surface area contributed by atoms with Gasteiger partial charge in [-0.1, -0.05) is 29.3 Å². The molecule has 2 heterocycles. The molecule has 2 aromatic heterocycles. The second-order valence-corrected chi connectivity index (χ2v) is 5.89. The van der Waals surface area contributed by atoms with Crippen LogP contribution in [-0.2, 0) is 4.79 Å². The van der Waals surface area contributed by atoms with Gasteiger partial charge in [-0.25, -0.2) is 0 Å². The van der Waals surface area contributed by atoms with Gasteiger partial charge in [-0.05, 0) is 36.4 Å². The molecule has 0 radical (unpaired) electrons. The van der Waals surface area contributed by atoms with E-state index in [1.165, 1.54) is 24.5 Å². The minimum absolute atomic E-state index is 0.0415. The number of carboxylic acids is 1. The summed E-state index contributed by atoms with van der Waals surface area (Å²) in [5.41, 5.74) is -0.0114. The number of amides is 1. The summed E-state index contributed by atoms with van der Waals surface area (Å²) >= 11 is 12.2. The summed E-state index contributed by atoms with van der Waals surface area (Å²) in [5.74, 6) is -1.85. The Hall–Kier alpha value is -2.96. The Labute approximate surface area is 157 Å². The third kappa shape index (κ3) is 3.82. The minimum atomic E-state index is -1.58. The fraction of sp³-hybridized carbons (Fsp3) is 0. The largest absolute Gasteiger partial charge is 0.543 e. The molecular weight excluding hydrogens is 381 g/mol. The standard InChI is InChI=1S/C18H11Cl2NO5/c19-11-3-1-4-12(20)16(11)14-7-6-10(26-14)9-13(18(23)24)21-17(22)15-5-2-8-25-15/h1-9H,(H,21,22)(H,23,24)/p-1/b13-9-. The molecule has 0 spiro atoms. The highest BCUT2D eigenvalue weighted by Gasteiger charge is 2.14. The van der Waals surface area contributed by atoms with Crippen molar-refractivity contribution in [1.29, 1.82) is 0 Å². The molecule has 0 aliphatic carbocycles. The van der Waals surface area contributed by atoms with Crippen LogP contribution in [0.2, 0.25) is 10.0 Å². The third-order valence-corrected chi connectivity index (χ3v) is 3.97. The van der Waals surface area contributed by atoms with E-state index in [1.54, 1.807) is 24.3 Å². The maximum Gasteiger partial charge on any atom is 0.291 e. The lowest BCUT2D eigenvalue weighted by Gasteiger charge is -2.09. The molecule has 1 amide bonds. The molecule has 132 valence electrons. The zero-order valence-corrected chi connectivity index (χ0v) is 14.5. The Morgan fingerprint density at radius 2 is 1.77 bits per heavy atom. The number of hydrogen-bond acceptors (Lipinski definition) is 5. The van der Waals surface area contributed by atoms with E-state index in [4.69, 9.17) is 32.0 Å². The molecule has 0 aliphatic heterocycles. The van der Waals surface area contributed by atoms with Crippen molar-refractivity contribution >= 4 is 41.2 Å². The number of rotatable bonds is 5. The van der Waals surface area contributed by atoms with Crippen LogP contribution in [-0.4, -0.2) is 11.9 Å². The van der Waals surface area contributed by atoms with Crippen LogP contribution in [0.5, 0.6) is 0 Å². The van der Waals surface area contributed by atoms with Gasteiger partial charge in [-0.3, -0.25) is 4.79 Å². The van der Waals surface area contributed by atoms with Crippen LogP contribution in [0.15, 0.2) is 63.3 Å². The van der Waals surface area contributed by atoms with Gasteiger partial charge in [0, 0.05) is 6.08 Å². The summed E-state index contributed by atoms with van der Waals surface area (Å²) in [6.45, 7) is 0. The predicted octanol–water partition coefficient (Wildman–Crippen LogP) is 3.37. The highest BCUT2D eigenvalue weighted by molar-refractivity contribution is 6.39. The maximum absolute atomic E-state index is 11.9. The molecule has 1 aromatic carbocycles. The zero-order chi connectivity index (χ0) is 18.7. The smallest absolute Gasteiger partial charge is 0.291 e. The zero-order valence-electron chi connectivity index (χ0n) is 13.0. The van der Waals surface area contributed by atoms with Gasteiger partial charge in [0.25, 0.3) is 5.91 Å². The molecule has 0 atom stereocenters. The van der Waals surface area contributed by atoms with E-state index in [-0.39, 0.29) is 11.5 Å². The summed E-state index contributed by atoms with van der Waals surface area (Å²) in [6.07, 6.45) is 2.41. The van der Waals surface area contributed by atoms with Crippen LogP contribution < -0.4 is 10.4 Å². The monoisotopic (exact) mass is 390 g/mol. The summed E-state index contributed by atoms with van der Waals surface area (Å²) < 4.78 is 10.5. The molecule has 26 heavy (non-hydrogen) atoms. The molecule has 0 fully saturated rings. The first-order valence-electron chi connectivity index (χ1n) is 7.28. The van der Waals surface area contributed by atoms with Gasteiger partial charge in [0.1, 0.15) is 11.5 Å². The molecule has 6 nitrogen and oxygen atoms in total. The number of carbonyl (C=O) groups excluding carboxylic acids is 2. The van der Waals surface area contributed by atoms with Crippen LogP contribution in [0, 0.1) is 0 Å². The van der Waals surface area contributed by atoms with E-state index in [1.807, 2.05) is 0 Å². The topological polar surface area (TPSA) is 95.5 Å². The van der Waals surface area contributed by atoms with E-state index >= 15 is 0 Å².